The molecule has 3 rings (SSSR count). The van der Waals surface area contributed by atoms with Crippen LogP contribution in [0.25, 0.3) is 6.08 Å². The van der Waals surface area contributed by atoms with Crippen LogP contribution >= 0.6 is 0 Å². The number of nitrogens with zero attached hydrogens (tertiary/aromatic N) is 2. The molecule has 0 spiro atoms. The molecule has 2 aromatic rings. The van der Waals surface area contributed by atoms with Crippen LogP contribution in [0.5, 0.6) is 5.75 Å². The minimum Gasteiger partial charge on any atom is -0.497 e. The number of ether oxygens (including phenoxy) is 1. The van der Waals surface area contributed by atoms with Crippen LogP contribution in [0.4, 0.5) is 11.4 Å². The Balaban J connectivity index is 1.85. The number of hydrogen-bond donors (Lipinski definition) is 0. The second-order valence-electron chi connectivity index (χ2n) is 6.82. The second kappa shape index (κ2) is 6.16. The standard InChI is InChI=1S/C21H24N2O/c1-21(2)18-14-17(24-5)11-12-19(18)22-20(21)13-8-15-6-9-16(10-7-15)23(3)4/h6-14H,1-5H3/b13-8+. The predicted octanol–water partition coefficient (Wildman–Crippen LogP) is 4.84. The van der Waals surface area contributed by atoms with Gasteiger partial charge in [-0.25, -0.2) is 0 Å². The average Bonchev–Trinajstić information content (AvgIpc) is 2.83. The summed E-state index contributed by atoms with van der Waals surface area (Å²) in [6.45, 7) is 4.41. The van der Waals surface area contributed by atoms with Crippen molar-refractivity contribution in [1.29, 1.82) is 0 Å². The molecule has 1 aliphatic heterocycles. The van der Waals surface area contributed by atoms with Crippen molar-refractivity contribution in [2.24, 2.45) is 4.99 Å². The van der Waals surface area contributed by atoms with E-state index in [2.05, 4.69) is 61.2 Å². The number of allylic oxidation sites excluding steroid dienone is 1. The number of rotatable bonds is 4. The van der Waals surface area contributed by atoms with E-state index in [4.69, 9.17) is 9.73 Å². The highest BCUT2D eigenvalue weighted by molar-refractivity contribution is 6.10. The highest BCUT2D eigenvalue weighted by Crippen LogP contribution is 2.42. The van der Waals surface area contributed by atoms with Crippen LogP contribution in [0.3, 0.4) is 0 Å². The van der Waals surface area contributed by atoms with Gasteiger partial charge >= 0.3 is 0 Å². The van der Waals surface area contributed by atoms with Crippen molar-refractivity contribution < 1.29 is 4.74 Å². The molecule has 0 fully saturated rings. The SMILES string of the molecule is COc1ccc2c(c1)C(C)(C)C(/C=C/c1ccc(N(C)C)cc1)=N2. The van der Waals surface area contributed by atoms with Crippen LogP contribution < -0.4 is 9.64 Å². The highest BCUT2D eigenvalue weighted by atomic mass is 16.5. The summed E-state index contributed by atoms with van der Waals surface area (Å²) < 4.78 is 5.35. The molecule has 0 aliphatic carbocycles. The van der Waals surface area contributed by atoms with Gasteiger partial charge in [0.15, 0.2) is 0 Å². The lowest BCUT2D eigenvalue weighted by molar-refractivity contribution is 0.414. The summed E-state index contributed by atoms with van der Waals surface area (Å²) >= 11 is 0. The van der Waals surface area contributed by atoms with E-state index in [1.54, 1.807) is 7.11 Å². The third-order valence-corrected chi connectivity index (χ3v) is 4.60. The zero-order valence-electron chi connectivity index (χ0n) is 15.0. The fraction of sp³-hybridized carbons (Fsp3) is 0.286. The van der Waals surface area contributed by atoms with E-state index < -0.39 is 0 Å². The maximum Gasteiger partial charge on any atom is 0.119 e. The van der Waals surface area contributed by atoms with Gasteiger partial charge in [-0.05, 0) is 47.5 Å². The van der Waals surface area contributed by atoms with Gasteiger partial charge in [0.05, 0.1) is 18.5 Å². The third-order valence-electron chi connectivity index (χ3n) is 4.60. The lowest BCUT2D eigenvalue weighted by atomic mass is 9.81. The summed E-state index contributed by atoms with van der Waals surface area (Å²) in [4.78, 5) is 6.91. The molecular formula is C21H24N2O. The molecule has 0 N–H and O–H groups in total. The Morgan fingerprint density at radius 2 is 1.71 bits per heavy atom. The van der Waals surface area contributed by atoms with Crippen molar-refractivity contribution in [3.63, 3.8) is 0 Å². The van der Waals surface area contributed by atoms with Crippen molar-refractivity contribution in [3.05, 3.63) is 59.7 Å². The first-order chi connectivity index (χ1) is 11.4. The first kappa shape index (κ1) is 16.3. The average molecular weight is 320 g/mol. The molecule has 124 valence electrons. The lowest BCUT2D eigenvalue weighted by Gasteiger charge is -2.20. The zero-order chi connectivity index (χ0) is 17.3. The largest absolute Gasteiger partial charge is 0.497 e. The quantitative estimate of drug-likeness (QED) is 0.805. The molecule has 24 heavy (non-hydrogen) atoms. The summed E-state index contributed by atoms with van der Waals surface area (Å²) in [5, 5.41) is 0. The Morgan fingerprint density at radius 3 is 2.33 bits per heavy atom. The molecule has 3 nitrogen and oxygen atoms in total. The first-order valence-corrected chi connectivity index (χ1v) is 8.15. The van der Waals surface area contributed by atoms with Gasteiger partial charge in [0.25, 0.3) is 0 Å². The van der Waals surface area contributed by atoms with E-state index in [0.29, 0.717) is 0 Å². The van der Waals surface area contributed by atoms with Crippen LogP contribution in [-0.4, -0.2) is 26.9 Å². The van der Waals surface area contributed by atoms with Gasteiger partial charge in [0.1, 0.15) is 5.75 Å². The van der Waals surface area contributed by atoms with Crippen LogP contribution in [0.1, 0.15) is 25.0 Å². The fourth-order valence-corrected chi connectivity index (χ4v) is 2.95. The van der Waals surface area contributed by atoms with Crippen LogP contribution in [0.2, 0.25) is 0 Å². The zero-order valence-corrected chi connectivity index (χ0v) is 15.0. The van der Waals surface area contributed by atoms with Crippen molar-refractivity contribution in [3.8, 4) is 5.75 Å². The number of benzene rings is 2. The summed E-state index contributed by atoms with van der Waals surface area (Å²) in [6.07, 6.45) is 4.25. The monoisotopic (exact) mass is 320 g/mol. The van der Waals surface area contributed by atoms with Crippen LogP contribution in [0, 0.1) is 0 Å². The van der Waals surface area contributed by atoms with Crippen molar-refractivity contribution in [2.75, 3.05) is 26.1 Å². The first-order valence-electron chi connectivity index (χ1n) is 8.15. The molecule has 0 saturated carbocycles. The summed E-state index contributed by atoms with van der Waals surface area (Å²) in [5.41, 5.74) is 5.57. The van der Waals surface area contributed by atoms with Gasteiger partial charge in [-0.1, -0.05) is 32.1 Å². The number of fused-ring (bicyclic) bond motifs is 1. The third kappa shape index (κ3) is 2.94. The molecule has 1 aliphatic rings. The molecule has 0 radical (unpaired) electrons. The molecule has 0 bridgehead atoms. The normalized spacial score (nSPS) is 15.3. The predicted molar refractivity (Wildman–Crippen MR) is 103 cm³/mol. The van der Waals surface area contributed by atoms with E-state index in [1.165, 1.54) is 16.8 Å². The van der Waals surface area contributed by atoms with Gasteiger partial charge in [0.2, 0.25) is 0 Å². The van der Waals surface area contributed by atoms with Crippen LogP contribution in [-0.2, 0) is 5.41 Å². The minimum atomic E-state index is -0.121. The summed E-state index contributed by atoms with van der Waals surface area (Å²) in [7, 11) is 5.79. The van der Waals surface area contributed by atoms with Crippen molar-refractivity contribution in [2.45, 2.75) is 19.3 Å². The van der Waals surface area contributed by atoms with Gasteiger partial charge in [-0.15, -0.1) is 0 Å². The van der Waals surface area contributed by atoms with Gasteiger partial charge in [0, 0.05) is 25.2 Å². The summed E-state index contributed by atoms with van der Waals surface area (Å²) in [6, 6.07) is 14.6. The van der Waals surface area contributed by atoms with E-state index in [-0.39, 0.29) is 5.41 Å². The molecule has 0 saturated heterocycles. The smallest absolute Gasteiger partial charge is 0.119 e. The molecule has 2 aromatic carbocycles. The second-order valence-corrected chi connectivity index (χ2v) is 6.82. The Bertz CT molecular complexity index is 799. The van der Waals surface area contributed by atoms with Gasteiger partial charge < -0.3 is 9.64 Å². The maximum absolute atomic E-state index is 5.35. The minimum absolute atomic E-state index is 0.121. The van der Waals surface area contributed by atoms with Crippen molar-refractivity contribution >= 4 is 23.2 Å². The van der Waals surface area contributed by atoms with Gasteiger partial charge in [-0.3, -0.25) is 4.99 Å². The Morgan fingerprint density at radius 1 is 1.00 bits per heavy atom. The molecule has 0 aromatic heterocycles. The molecule has 0 atom stereocenters. The lowest BCUT2D eigenvalue weighted by Crippen LogP contribution is -2.23. The summed E-state index contributed by atoms with van der Waals surface area (Å²) in [5.74, 6) is 0.876. The topological polar surface area (TPSA) is 24.8 Å². The molecule has 0 amide bonds. The van der Waals surface area contributed by atoms with Gasteiger partial charge in [-0.2, -0.15) is 0 Å². The van der Waals surface area contributed by atoms with E-state index >= 15 is 0 Å². The van der Waals surface area contributed by atoms with E-state index in [0.717, 1.165) is 17.1 Å². The molecule has 3 heteroatoms. The van der Waals surface area contributed by atoms with E-state index in [1.807, 2.05) is 26.2 Å². The Hall–Kier alpha value is -2.55. The van der Waals surface area contributed by atoms with Crippen molar-refractivity contribution in [1.82, 2.24) is 0 Å². The molecule has 0 unspecified atom stereocenters. The number of methoxy groups -OCH3 is 1. The molecule has 1 heterocycles. The van der Waals surface area contributed by atoms with Crippen LogP contribution in [0.15, 0.2) is 53.5 Å². The number of aliphatic imine (C=N–C) groups is 1. The Labute approximate surface area is 144 Å². The number of hydrogen-bond acceptors (Lipinski definition) is 3. The fourth-order valence-electron chi connectivity index (χ4n) is 2.95. The number of anilines is 1. The highest BCUT2D eigenvalue weighted by Gasteiger charge is 2.33. The maximum atomic E-state index is 5.35. The Kier molecular flexibility index (Phi) is 4.18. The van der Waals surface area contributed by atoms with E-state index in [9.17, 15) is 0 Å². The molecular weight excluding hydrogens is 296 g/mol.